The summed E-state index contributed by atoms with van der Waals surface area (Å²) in [5.41, 5.74) is 3.59. The van der Waals surface area contributed by atoms with Crippen molar-refractivity contribution in [3.05, 3.63) is 76.7 Å². The zero-order valence-electron chi connectivity index (χ0n) is 19.5. The minimum Gasteiger partial charge on any atom is -0.497 e. The van der Waals surface area contributed by atoms with Crippen molar-refractivity contribution in [3.63, 3.8) is 0 Å². The number of hydrogen-bond donors (Lipinski definition) is 2. The second-order valence-corrected chi connectivity index (χ2v) is 9.04. The summed E-state index contributed by atoms with van der Waals surface area (Å²) in [5.74, 6) is 0.804. The van der Waals surface area contributed by atoms with Gasteiger partial charge in [-0.3, -0.25) is 14.2 Å². The molecule has 1 amide bonds. The summed E-state index contributed by atoms with van der Waals surface area (Å²) in [4.78, 5) is 34.0. The summed E-state index contributed by atoms with van der Waals surface area (Å²) in [7, 11) is 1.61. The largest absolute Gasteiger partial charge is 0.497 e. The number of nitrogens with zero attached hydrogens (tertiary/aromatic N) is 2. The molecular formula is C26H28N4O3S. The van der Waals surface area contributed by atoms with Crippen LogP contribution in [0.15, 0.2) is 70.7 Å². The Balaban J connectivity index is 1.76. The van der Waals surface area contributed by atoms with Crippen LogP contribution in [-0.4, -0.2) is 39.3 Å². The van der Waals surface area contributed by atoms with Gasteiger partial charge in [-0.2, -0.15) is 0 Å². The molecule has 1 atom stereocenters. The molecule has 2 aromatic carbocycles. The highest BCUT2D eigenvalue weighted by atomic mass is 32.2. The van der Waals surface area contributed by atoms with E-state index >= 15 is 0 Å². The highest BCUT2D eigenvalue weighted by Gasteiger charge is 2.18. The number of carbonyl (C=O) groups excluding carboxylic acids is 1. The predicted octanol–water partition coefficient (Wildman–Crippen LogP) is 4.46. The fraction of sp³-hybridized carbons (Fsp3) is 0.269. The number of aromatic nitrogens is 3. The normalized spacial score (nSPS) is 12.0. The lowest BCUT2D eigenvalue weighted by molar-refractivity contribution is -0.119. The maximum Gasteiger partial charge on any atom is 0.278 e. The van der Waals surface area contributed by atoms with Gasteiger partial charge in [0.2, 0.25) is 5.91 Å². The third-order valence-electron chi connectivity index (χ3n) is 5.66. The molecule has 2 heterocycles. The molecule has 0 aliphatic rings. The fourth-order valence-corrected chi connectivity index (χ4v) is 4.46. The molecule has 4 aromatic rings. The van der Waals surface area contributed by atoms with E-state index in [1.807, 2.05) is 74.6 Å². The zero-order chi connectivity index (χ0) is 24.1. The Labute approximate surface area is 202 Å². The van der Waals surface area contributed by atoms with Crippen molar-refractivity contribution in [2.24, 2.45) is 0 Å². The number of benzene rings is 2. The highest BCUT2D eigenvalue weighted by molar-refractivity contribution is 7.99. The second-order valence-electron chi connectivity index (χ2n) is 8.09. The van der Waals surface area contributed by atoms with Crippen molar-refractivity contribution >= 4 is 28.7 Å². The third kappa shape index (κ3) is 5.17. The summed E-state index contributed by atoms with van der Waals surface area (Å²) in [6.45, 7) is 4.31. The Morgan fingerprint density at radius 3 is 2.74 bits per heavy atom. The topological polar surface area (TPSA) is 89.0 Å². The van der Waals surface area contributed by atoms with Crippen LogP contribution in [0.25, 0.3) is 22.2 Å². The summed E-state index contributed by atoms with van der Waals surface area (Å²) in [6, 6.07) is 17.5. The third-order valence-corrected chi connectivity index (χ3v) is 6.64. The molecule has 0 saturated carbocycles. The smallest absolute Gasteiger partial charge is 0.278 e. The summed E-state index contributed by atoms with van der Waals surface area (Å²) >= 11 is 1.27. The van der Waals surface area contributed by atoms with Gasteiger partial charge in [0.05, 0.1) is 19.4 Å². The number of nitrogens with one attached hydrogen (secondary N) is 2. The number of rotatable bonds is 9. The number of aromatic amines is 1. The Kier molecular flexibility index (Phi) is 7.37. The molecule has 176 valence electrons. The number of ether oxygens (including phenoxy) is 1. The minimum absolute atomic E-state index is 0.0843. The molecule has 1 unspecified atom stereocenters. The first kappa shape index (κ1) is 23.6. The number of methoxy groups -OCH3 is 1. The average Bonchev–Trinajstić information content (AvgIpc) is 3.29. The van der Waals surface area contributed by atoms with Crippen molar-refractivity contribution in [1.29, 1.82) is 0 Å². The molecule has 0 bridgehead atoms. The predicted molar refractivity (Wildman–Crippen MR) is 137 cm³/mol. The van der Waals surface area contributed by atoms with Crippen LogP contribution in [0.4, 0.5) is 0 Å². The van der Waals surface area contributed by atoms with E-state index in [2.05, 4.69) is 10.3 Å². The average molecular weight is 477 g/mol. The van der Waals surface area contributed by atoms with Crippen LogP contribution in [0.5, 0.6) is 5.75 Å². The molecule has 4 rings (SSSR count). The number of fused-ring (bicyclic) bond motifs is 1. The first-order valence-corrected chi connectivity index (χ1v) is 12.2. The van der Waals surface area contributed by atoms with E-state index in [9.17, 15) is 9.59 Å². The van der Waals surface area contributed by atoms with E-state index in [4.69, 9.17) is 9.72 Å². The number of H-pyrrole nitrogens is 1. The van der Waals surface area contributed by atoms with Crippen molar-refractivity contribution < 1.29 is 9.53 Å². The van der Waals surface area contributed by atoms with E-state index in [0.717, 1.165) is 23.1 Å². The number of hydrogen-bond acceptors (Lipinski definition) is 5. The second kappa shape index (κ2) is 10.6. The molecule has 2 aromatic heterocycles. The zero-order valence-corrected chi connectivity index (χ0v) is 20.3. The Morgan fingerprint density at radius 1 is 1.21 bits per heavy atom. The molecule has 0 aliphatic heterocycles. The standard InChI is InChI=1S/C26H28N4O3S/c1-4-17(2)28-22(31)16-34-26-29-23-21(19-10-6-5-7-11-19)14-27-24(23)25(32)30(26)15-18-9-8-12-20(13-18)33-3/h5-14,17,27H,4,15-16H2,1-3H3,(H,28,31). The van der Waals surface area contributed by atoms with Crippen LogP contribution >= 0.6 is 11.8 Å². The molecule has 0 radical (unpaired) electrons. The van der Waals surface area contributed by atoms with Gasteiger partial charge in [0.1, 0.15) is 16.8 Å². The maximum atomic E-state index is 13.6. The van der Waals surface area contributed by atoms with Gasteiger partial charge >= 0.3 is 0 Å². The fourth-order valence-electron chi connectivity index (χ4n) is 3.66. The molecule has 8 heteroatoms. The lowest BCUT2D eigenvalue weighted by Gasteiger charge is -2.14. The first-order valence-electron chi connectivity index (χ1n) is 11.2. The molecule has 34 heavy (non-hydrogen) atoms. The molecular weight excluding hydrogens is 448 g/mol. The Morgan fingerprint density at radius 2 is 2.00 bits per heavy atom. The van der Waals surface area contributed by atoms with Gasteiger partial charge in [-0.1, -0.05) is 61.2 Å². The van der Waals surface area contributed by atoms with Crippen molar-refractivity contribution in [2.75, 3.05) is 12.9 Å². The van der Waals surface area contributed by atoms with E-state index in [0.29, 0.717) is 28.5 Å². The van der Waals surface area contributed by atoms with Gasteiger partial charge in [0, 0.05) is 17.8 Å². The first-order chi connectivity index (χ1) is 16.5. The van der Waals surface area contributed by atoms with Crippen LogP contribution in [0.1, 0.15) is 25.8 Å². The molecule has 0 aliphatic carbocycles. The summed E-state index contributed by atoms with van der Waals surface area (Å²) in [5, 5.41) is 3.47. The quantitative estimate of drug-likeness (QED) is 0.275. The van der Waals surface area contributed by atoms with E-state index in [1.165, 1.54) is 11.8 Å². The van der Waals surface area contributed by atoms with Gasteiger partial charge < -0.3 is 15.0 Å². The van der Waals surface area contributed by atoms with Gasteiger partial charge in [-0.25, -0.2) is 4.98 Å². The lowest BCUT2D eigenvalue weighted by Crippen LogP contribution is -2.33. The van der Waals surface area contributed by atoms with E-state index < -0.39 is 0 Å². The number of thioether (sulfide) groups is 1. The molecule has 0 saturated heterocycles. The van der Waals surface area contributed by atoms with Gasteiger partial charge in [-0.15, -0.1) is 0 Å². The van der Waals surface area contributed by atoms with Gasteiger partial charge in [0.25, 0.3) is 5.56 Å². The van der Waals surface area contributed by atoms with Crippen molar-refractivity contribution in [2.45, 2.75) is 38.0 Å². The van der Waals surface area contributed by atoms with Crippen LogP contribution in [-0.2, 0) is 11.3 Å². The summed E-state index contributed by atoms with van der Waals surface area (Å²) < 4.78 is 6.95. The molecule has 7 nitrogen and oxygen atoms in total. The van der Waals surface area contributed by atoms with Crippen LogP contribution in [0, 0.1) is 0 Å². The van der Waals surface area contributed by atoms with Crippen LogP contribution in [0.2, 0.25) is 0 Å². The maximum absolute atomic E-state index is 13.6. The van der Waals surface area contributed by atoms with Crippen molar-refractivity contribution in [3.8, 4) is 16.9 Å². The number of carbonyl (C=O) groups is 1. The van der Waals surface area contributed by atoms with E-state index in [-0.39, 0.29) is 23.3 Å². The molecule has 2 N–H and O–H groups in total. The lowest BCUT2D eigenvalue weighted by atomic mass is 10.1. The van der Waals surface area contributed by atoms with Crippen molar-refractivity contribution in [1.82, 2.24) is 19.9 Å². The van der Waals surface area contributed by atoms with Crippen LogP contribution in [0.3, 0.4) is 0 Å². The minimum atomic E-state index is -0.181. The number of amides is 1. The van der Waals surface area contributed by atoms with Crippen LogP contribution < -0.4 is 15.6 Å². The molecule has 0 fully saturated rings. The van der Waals surface area contributed by atoms with Gasteiger partial charge in [0.15, 0.2) is 5.16 Å². The Hall–Kier alpha value is -3.52. The summed E-state index contributed by atoms with van der Waals surface area (Å²) in [6.07, 6.45) is 2.67. The SMILES string of the molecule is CCC(C)NC(=O)CSc1nc2c(-c3ccccc3)c[nH]c2c(=O)n1Cc1cccc(OC)c1. The van der Waals surface area contributed by atoms with Gasteiger partial charge in [-0.05, 0) is 36.6 Å². The Bertz CT molecular complexity index is 1350. The van der Waals surface area contributed by atoms with E-state index in [1.54, 1.807) is 11.7 Å². The monoisotopic (exact) mass is 476 g/mol. The highest BCUT2D eigenvalue weighted by Crippen LogP contribution is 2.28. The molecule has 0 spiro atoms.